The van der Waals surface area contributed by atoms with Crippen LogP contribution in [0.25, 0.3) is 10.1 Å². The molecule has 1 aliphatic heterocycles. The summed E-state index contributed by atoms with van der Waals surface area (Å²) in [6.07, 6.45) is 1.60. The Bertz CT molecular complexity index is 1000. The second-order valence-electron chi connectivity index (χ2n) is 6.85. The molecule has 0 spiro atoms. The lowest BCUT2D eigenvalue weighted by Gasteiger charge is -2.35. The van der Waals surface area contributed by atoms with Gasteiger partial charge in [0.05, 0.1) is 4.70 Å². The second-order valence-corrected chi connectivity index (χ2v) is 7.66. The molecule has 0 aliphatic carbocycles. The van der Waals surface area contributed by atoms with Crippen LogP contribution in [0, 0.1) is 0 Å². The molecule has 1 atom stereocenters. The molecule has 0 bridgehead atoms. The largest absolute Gasteiger partial charge is 0.352 e. The zero-order valence-electron chi connectivity index (χ0n) is 16.0. The molecule has 1 fully saturated rings. The van der Waals surface area contributed by atoms with E-state index in [4.69, 9.17) is 0 Å². The smallest absolute Gasteiger partial charge is 0.318 e. The SMILES string of the molecule is C[C@@H](NC(=O)N1CCN(c2nsc3ccccc23)CC1)C(=O)Nc1ccccn1. The van der Waals surface area contributed by atoms with Crippen molar-refractivity contribution >= 4 is 45.2 Å². The first-order valence-corrected chi connectivity index (χ1v) is 10.3. The minimum Gasteiger partial charge on any atom is -0.352 e. The molecule has 150 valence electrons. The molecule has 1 aromatic carbocycles. The van der Waals surface area contributed by atoms with Crippen molar-refractivity contribution < 1.29 is 9.59 Å². The van der Waals surface area contributed by atoms with Gasteiger partial charge in [0.2, 0.25) is 5.91 Å². The zero-order valence-corrected chi connectivity index (χ0v) is 16.9. The normalized spacial score (nSPS) is 15.2. The molecule has 1 saturated heterocycles. The monoisotopic (exact) mass is 410 g/mol. The molecule has 0 saturated carbocycles. The number of amides is 3. The molecule has 3 aromatic rings. The number of carbonyl (C=O) groups is 2. The van der Waals surface area contributed by atoms with E-state index >= 15 is 0 Å². The lowest BCUT2D eigenvalue weighted by molar-refractivity contribution is -0.117. The molecule has 8 nitrogen and oxygen atoms in total. The predicted octanol–water partition coefficient (Wildman–Crippen LogP) is 2.55. The van der Waals surface area contributed by atoms with Crippen LogP contribution in [0.3, 0.4) is 0 Å². The van der Waals surface area contributed by atoms with E-state index in [1.807, 2.05) is 12.1 Å². The number of benzene rings is 1. The highest BCUT2D eigenvalue weighted by Crippen LogP contribution is 2.29. The van der Waals surface area contributed by atoms with Crippen molar-refractivity contribution in [2.45, 2.75) is 13.0 Å². The Balaban J connectivity index is 1.30. The topological polar surface area (TPSA) is 90.5 Å². The number of hydrogen-bond acceptors (Lipinski definition) is 6. The lowest BCUT2D eigenvalue weighted by Crippen LogP contribution is -2.54. The van der Waals surface area contributed by atoms with E-state index in [-0.39, 0.29) is 11.9 Å². The quantitative estimate of drug-likeness (QED) is 0.690. The van der Waals surface area contributed by atoms with Crippen molar-refractivity contribution in [2.75, 3.05) is 36.4 Å². The summed E-state index contributed by atoms with van der Waals surface area (Å²) >= 11 is 1.49. The number of nitrogens with one attached hydrogen (secondary N) is 2. The molecule has 0 radical (unpaired) electrons. The zero-order chi connectivity index (χ0) is 20.2. The van der Waals surface area contributed by atoms with E-state index in [0.717, 1.165) is 15.9 Å². The van der Waals surface area contributed by atoms with Crippen molar-refractivity contribution in [3.8, 4) is 0 Å². The van der Waals surface area contributed by atoms with Gasteiger partial charge in [0, 0.05) is 37.8 Å². The van der Waals surface area contributed by atoms with Gasteiger partial charge in [-0.3, -0.25) is 4.79 Å². The van der Waals surface area contributed by atoms with Gasteiger partial charge in [-0.2, -0.15) is 4.37 Å². The van der Waals surface area contributed by atoms with Crippen molar-refractivity contribution in [1.29, 1.82) is 0 Å². The second kappa shape index (κ2) is 8.44. The Morgan fingerprint density at radius 1 is 1.07 bits per heavy atom. The van der Waals surface area contributed by atoms with E-state index in [1.54, 1.807) is 36.2 Å². The van der Waals surface area contributed by atoms with Crippen LogP contribution >= 0.6 is 11.5 Å². The van der Waals surface area contributed by atoms with Gasteiger partial charge in [-0.05, 0) is 42.7 Å². The minimum absolute atomic E-state index is 0.239. The van der Waals surface area contributed by atoms with Gasteiger partial charge >= 0.3 is 6.03 Å². The average molecular weight is 411 g/mol. The predicted molar refractivity (Wildman–Crippen MR) is 114 cm³/mol. The average Bonchev–Trinajstić information content (AvgIpc) is 3.18. The first kappa shape index (κ1) is 19.1. The molecular weight excluding hydrogens is 388 g/mol. The van der Waals surface area contributed by atoms with Gasteiger partial charge in [-0.1, -0.05) is 18.2 Å². The van der Waals surface area contributed by atoms with E-state index in [2.05, 4.69) is 37.0 Å². The molecule has 9 heteroatoms. The van der Waals surface area contributed by atoms with Crippen LogP contribution in [0.4, 0.5) is 16.4 Å². The molecule has 29 heavy (non-hydrogen) atoms. The third-order valence-electron chi connectivity index (χ3n) is 4.87. The van der Waals surface area contributed by atoms with Gasteiger partial charge in [-0.25, -0.2) is 9.78 Å². The van der Waals surface area contributed by atoms with E-state index in [9.17, 15) is 9.59 Å². The summed E-state index contributed by atoms with van der Waals surface area (Å²) in [5.41, 5.74) is 0. The first-order chi connectivity index (χ1) is 14.1. The maximum Gasteiger partial charge on any atom is 0.318 e. The van der Waals surface area contributed by atoms with E-state index in [1.165, 1.54) is 11.5 Å². The Labute approximate surface area is 172 Å². The van der Waals surface area contributed by atoms with Gasteiger partial charge in [0.15, 0.2) is 0 Å². The Morgan fingerprint density at radius 2 is 1.83 bits per heavy atom. The van der Waals surface area contributed by atoms with Gasteiger partial charge < -0.3 is 20.4 Å². The summed E-state index contributed by atoms with van der Waals surface area (Å²) in [7, 11) is 0. The van der Waals surface area contributed by atoms with Crippen LogP contribution in [-0.2, 0) is 4.79 Å². The maximum absolute atomic E-state index is 12.6. The number of anilines is 2. The number of urea groups is 1. The fourth-order valence-corrected chi connectivity index (χ4v) is 4.03. The van der Waals surface area contributed by atoms with Crippen LogP contribution in [0.15, 0.2) is 48.7 Å². The van der Waals surface area contributed by atoms with Crippen LogP contribution in [0.1, 0.15) is 6.92 Å². The number of aromatic nitrogens is 2. The number of pyridine rings is 1. The third-order valence-corrected chi connectivity index (χ3v) is 5.69. The van der Waals surface area contributed by atoms with Crippen LogP contribution in [0.2, 0.25) is 0 Å². The number of nitrogens with zero attached hydrogens (tertiary/aromatic N) is 4. The highest BCUT2D eigenvalue weighted by Gasteiger charge is 2.25. The highest BCUT2D eigenvalue weighted by atomic mass is 32.1. The van der Waals surface area contributed by atoms with Crippen LogP contribution in [0.5, 0.6) is 0 Å². The summed E-state index contributed by atoms with van der Waals surface area (Å²) in [5, 5.41) is 6.61. The molecular formula is C20H22N6O2S. The number of hydrogen-bond donors (Lipinski definition) is 2. The minimum atomic E-state index is -0.662. The summed E-state index contributed by atoms with van der Waals surface area (Å²) < 4.78 is 5.75. The number of rotatable bonds is 4. The Morgan fingerprint density at radius 3 is 2.59 bits per heavy atom. The first-order valence-electron chi connectivity index (χ1n) is 9.48. The number of carbonyl (C=O) groups excluding carboxylic acids is 2. The summed E-state index contributed by atoms with van der Waals surface area (Å²) in [6, 6.07) is 12.5. The van der Waals surface area contributed by atoms with E-state index < -0.39 is 6.04 Å². The van der Waals surface area contributed by atoms with Crippen molar-refractivity contribution in [3.63, 3.8) is 0 Å². The van der Waals surface area contributed by atoms with Gasteiger partial charge in [0.1, 0.15) is 17.7 Å². The van der Waals surface area contributed by atoms with Gasteiger partial charge in [0.25, 0.3) is 0 Å². The van der Waals surface area contributed by atoms with Crippen LogP contribution < -0.4 is 15.5 Å². The highest BCUT2D eigenvalue weighted by molar-refractivity contribution is 7.13. The Kier molecular flexibility index (Phi) is 5.57. The summed E-state index contributed by atoms with van der Waals surface area (Å²) in [6.45, 7) is 4.22. The van der Waals surface area contributed by atoms with Crippen LogP contribution in [-0.4, -0.2) is 58.4 Å². The third kappa shape index (κ3) is 4.29. The standard InChI is InChI=1S/C20H22N6O2S/c1-14(19(27)23-17-8-4-5-9-21-17)22-20(28)26-12-10-25(11-13-26)18-15-6-2-3-7-16(15)29-24-18/h2-9,14H,10-13H2,1H3,(H,22,28)(H,21,23,27)/t14-/m1/s1. The van der Waals surface area contributed by atoms with Crippen molar-refractivity contribution in [2.24, 2.45) is 0 Å². The summed E-state index contributed by atoms with van der Waals surface area (Å²) in [5.74, 6) is 1.14. The van der Waals surface area contributed by atoms with Crippen molar-refractivity contribution in [1.82, 2.24) is 19.6 Å². The number of piperazine rings is 1. The molecule has 1 aliphatic rings. The van der Waals surface area contributed by atoms with Crippen molar-refractivity contribution in [3.05, 3.63) is 48.7 Å². The molecule has 2 N–H and O–H groups in total. The lowest BCUT2D eigenvalue weighted by atomic mass is 10.2. The fraction of sp³-hybridized carbons (Fsp3) is 0.300. The molecule has 0 unspecified atom stereocenters. The fourth-order valence-electron chi connectivity index (χ4n) is 3.24. The molecule has 2 aromatic heterocycles. The maximum atomic E-state index is 12.6. The van der Waals surface area contributed by atoms with Gasteiger partial charge in [-0.15, -0.1) is 0 Å². The summed E-state index contributed by atoms with van der Waals surface area (Å²) in [4.78, 5) is 32.8. The molecule has 3 heterocycles. The molecule has 4 rings (SSSR count). The Hall–Kier alpha value is -3.20. The van der Waals surface area contributed by atoms with E-state index in [0.29, 0.717) is 32.0 Å². The number of fused-ring (bicyclic) bond motifs is 1. The molecule has 3 amide bonds.